The number of hydrogen-bond donors (Lipinski definition) is 1. The van der Waals surface area contributed by atoms with Gasteiger partial charge in [-0.1, -0.05) is 28.9 Å². The first kappa shape index (κ1) is 17.8. The third-order valence-electron chi connectivity index (χ3n) is 3.04. The molecule has 2 aromatic rings. The summed E-state index contributed by atoms with van der Waals surface area (Å²) >= 11 is 5.71. The third kappa shape index (κ3) is 4.73. The molecule has 0 saturated carbocycles. The van der Waals surface area contributed by atoms with Crippen molar-refractivity contribution < 1.29 is 28.2 Å². The maximum absolute atomic E-state index is 12.5. The summed E-state index contributed by atoms with van der Waals surface area (Å²) < 4.78 is 40.0. The van der Waals surface area contributed by atoms with Crippen LogP contribution < -0.4 is 14.2 Å². The lowest BCUT2D eigenvalue weighted by Crippen LogP contribution is -2.06. The van der Waals surface area contributed by atoms with Crippen LogP contribution in [0.1, 0.15) is 11.1 Å². The minimum atomic E-state index is -3.00. The van der Waals surface area contributed by atoms with E-state index in [1.54, 1.807) is 31.4 Å². The molecule has 24 heavy (non-hydrogen) atoms. The summed E-state index contributed by atoms with van der Waals surface area (Å²) in [6.07, 6.45) is 0. The van der Waals surface area contributed by atoms with Crippen molar-refractivity contribution in [2.24, 2.45) is 5.16 Å². The fourth-order valence-corrected chi connectivity index (χ4v) is 2.00. The van der Waals surface area contributed by atoms with Gasteiger partial charge in [0.15, 0.2) is 16.7 Å². The molecule has 2 aromatic carbocycles. The molecule has 0 fully saturated rings. The van der Waals surface area contributed by atoms with E-state index in [1.807, 2.05) is 0 Å². The van der Waals surface area contributed by atoms with E-state index in [9.17, 15) is 8.78 Å². The van der Waals surface area contributed by atoms with Crippen LogP contribution in [0.25, 0.3) is 0 Å². The third-order valence-corrected chi connectivity index (χ3v) is 3.33. The van der Waals surface area contributed by atoms with Gasteiger partial charge in [0.25, 0.3) is 0 Å². The van der Waals surface area contributed by atoms with Crippen LogP contribution >= 0.6 is 11.6 Å². The minimum absolute atomic E-state index is 0.0467. The molecule has 128 valence electrons. The van der Waals surface area contributed by atoms with Crippen molar-refractivity contribution in [2.45, 2.75) is 13.2 Å². The molecule has 2 rings (SSSR count). The smallest absolute Gasteiger partial charge is 0.387 e. The van der Waals surface area contributed by atoms with Gasteiger partial charge in [-0.2, -0.15) is 8.78 Å². The quantitative estimate of drug-likeness (QED) is 0.457. The average Bonchev–Trinajstić information content (AvgIpc) is 2.60. The maximum atomic E-state index is 12.5. The Morgan fingerprint density at radius 2 is 1.88 bits per heavy atom. The van der Waals surface area contributed by atoms with E-state index >= 15 is 0 Å². The molecular formula is C16H14ClF2NO4. The Morgan fingerprint density at radius 3 is 2.46 bits per heavy atom. The number of oxime groups is 1. The lowest BCUT2D eigenvalue weighted by atomic mass is 10.2. The Balaban J connectivity index is 2.20. The molecule has 0 atom stereocenters. The van der Waals surface area contributed by atoms with Crippen LogP contribution in [-0.2, 0) is 6.61 Å². The van der Waals surface area contributed by atoms with E-state index < -0.39 is 6.61 Å². The van der Waals surface area contributed by atoms with Crippen molar-refractivity contribution in [3.63, 3.8) is 0 Å². The molecule has 5 nitrogen and oxygen atoms in total. The zero-order chi connectivity index (χ0) is 17.5. The molecule has 0 bridgehead atoms. The molecule has 0 aliphatic heterocycles. The van der Waals surface area contributed by atoms with Gasteiger partial charge in [-0.3, -0.25) is 0 Å². The number of methoxy groups -OCH3 is 1. The van der Waals surface area contributed by atoms with Crippen LogP contribution in [0.15, 0.2) is 47.6 Å². The fraction of sp³-hybridized carbons (Fsp3) is 0.188. The second kappa shape index (κ2) is 8.35. The van der Waals surface area contributed by atoms with Crippen molar-refractivity contribution in [3.8, 4) is 17.2 Å². The number of hydrogen-bond acceptors (Lipinski definition) is 5. The number of alkyl halides is 2. The van der Waals surface area contributed by atoms with Crippen LogP contribution in [0.3, 0.4) is 0 Å². The summed E-state index contributed by atoms with van der Waals surface area (Å²) in [5.41, 5.74) is 1.09. The van der Waals surface area contributed by atoms with Gasteiger partial charge in [-0.05, 0) is 35.9 Å². The molecule has 0 aliphatic rings. The van der Waals surface area contributed by atoms with Crippen LogP contribution in [0.2, 0.25) is 0 Å². The van der Waals surface area contributed by atoms with Gasteiger partial charge in [0.05, 0.1) is 7.11 Å². The van der Waals surface area contributed by atoms with E-state index in [4.69, 9.17) is 26.3 Å². The number of ether oxygens (including phenoxy) is 3. The Morgan fingerprint density at radius 1 is 1.17 bits per heavy atom. The normalized spacial score (nSPS) is 11.5. The summed E-state index contributed by atoms with van der Waals surface area (Å²) in [7, 11) is 1.55. The maximum Gasteiger partial charge on any atom is 0.387 e. The van der Waals surface area contributed by atoms with Gasteiger partial charge >= 0.3 is 6.61 Å². The fourth-order valence-electron chi connectivity index (χ4n) is 1.88. The summed E-state index contributed by atoms with van der Waals surface area (Å²) in [5, 5.41) is 11.4. The molecule has 8 heteroatoms. The highest BCUT2D eigenvalue weighted by molar-refractivity contribution is 6.69. The van der Waals surface area contributed by atoms with Gasteiger partial charge in [-0.25, -0.2) is 0 Å². The molecule has 0 saturated heterocycles. The monoisotopic (exact) mass is 357 g/mol. The van der Waals surface area contributed by atoms with Crippen LogP contribution in [0, 0.1) is 0 Å². The van der Waals surface area contributed by atoms with E-state index in [1.165, 1.54) is 18.2 Å². The molecule has 1 N–H and O–H groups in total. The molecule has 0 amide bonds. The Bertz CT molecular complexity index is 708. The van der Waals surface area contributed by atoms with Crippen LogP contribution in [-0.4, -0.2) is 24.1 Å². The highest BCUT2D eigenvalue weighted by atomic mass is 35.5. The first-order valence-corrected chi connectivity index (χ1v) is 7.13. The summed E-state index contributed by atoms with van der Waals surface area (Å²) in [6, 6.07) is 11.0. The molecule has 0 radical (unpaired) electrons. The predicted octanol–water partition coefficient (Wildman–Crippen LogP) is 4.25. The van der Waals surface area contributed by atoms with Crippen molar-refractivity contribution in [1.82, 2.24) is 0 Å². The van der Waals surface area contributed by atoms with E-state index in [0.717, 1.165) is 5.56 Å². The number of halogens is 3. The first-order valence-electron chi connectivity index (χ1n) is 6.76. The summed E-state index contributed by atoms with van der Waals surface area (Å²) in [6.45, 7) is -2.89. The Hall–Kier alpha value is -2.54. The van der Waals surface area contributed by atoms with Gasteiger partial charge in [-0.15, -0.1) is 0 Å². The largest absolute Gasteiger partial charge is 0.497 e. The van der Waals surface area contributed by atoms with Gasteiger partial charge in [0, 0.05) is 5.56 Å². The Labute approximate surface area is 142 Å². The van der Waals surface area contributed by atoms with E-state index in [-0.39, 0.29) is 23.3 Å². The van der Waals surface area contributed by atoms with E-state index in [2.05, 4.69) is 9.89 Å². The van der Waals surface area contributed by atoms with Crippen molar-refractivity contribution in [1.29, 1.82) is 0 Å². The summed E-state index contributed by atoms with van der Waals surface area (Å²) in [5.74, 6) is 0.587. The standard InChI is InChI=1S/C16H14ClF2NO4/c1-22-12-5-2-10(3-6-12)9-23-14-8-11(15(17)20-21)4-7-13(14)24-16(18)19/h2-8,16,21H,9H2,1H3/b20-15-. The predicted molar refractivity (Wildman–Crippen MR) is 84.6 cm³/mol. The van der Waals surface area contributed by atoms with Gasteiger partial charge < -0.3 is 19.4 Å². The van der Waals surface area contributed by atoms with Crippen LogP contribution in [0.5, 0.6) is 17.2 Å². The minimum Gasteiger partial charge on any atom is -0.497 e. The highest BCUT2D eigenvalue weighted by Gasteiger charge is 2.14. The second-order valence-electron chi connectivity index (χ2n) is 4.57. The topological polar surface area (TPSA) is 60.3 Å². The SMILES string of the molecule is COc1ccc(COc2cc(/C(Cl)=N/O)ccc2OC(F)F)cc1. The summed E-state index contributed by atoms with van der Waals surface area (Å²) in [4.78, 5) is 0. The lowest BCUT2D eigenvalue weighted by Gasteiger charge is -2.13. The zero-order valence-corrected chi connectivity index (χ0v) is 13.3. The van der Waals surface area contributed by atoms with Gasteiger partial charge in [0.1, 0.15) is 12.4 Å². The van der Waals surface area contributed by atoms with E-state index in [0.29, 0.717) is 11.3 Å². The first-order chi connectivity index (χ1) is 11.5. The zero-order valence-electron chi connectivity index (χ0n) is 12.6. The second-order valence-corrected chi connectivity index (χ2v) is 4.93. The van der Waals surface area contributed by atoms with Crippen molar-refractivity contribution in [2.75, 3.05) is 7.11 Å². The number of rotatable bonds is 7. The number of nitrogens with zero attached hydrogens (tertiary/aromatic N) is 1. The molecule has 0 aromatic heterocycles. The molecular weight excluding hydrogens is 344 g/mol. The van der Waals surface area contributed by atoms with Gasteiger partial charge in [0.2, 0.25) is 0 Å². The average molecular weight is 358 g/mol. The van der Waals surface area contributed by atoms with Crippen molar-refractivity contribution in [3.05, 3.63) is 53.6 Å². The van der Waals surface area contributed by atoms with Crippen LogP contribution in [0.4, 0.5) is 8.78 Å². The highest BCUT2D eigenvalue weighted by Crippen LogP contribution is 2.31. The number of benzene rings is 2. The van der Waals surface area contributed by atoms with Crippen molar-refractivity contribution >= 4 is 16.8 Å². The lowest BCUT2D eigenvalue weighted by molar-refractivity contribution is -0.0515. The molecule has 0 heterocycles. The molecule has 0 unspecified atom stereocenters. The molecule has 0 spiro atoms. The molecule has 0 aliphatic carbocycles. The Kier molecular flexibility index (Phi) is 6.20.